The van der Waals surface area contributed by atoms with Crippen LogP contribution in [0, 0.1) is 0 Å². The summed E-state index contributed by atoms with van der Waals surface area (Å²) in [5, 5.41) is 14.1. The Morgan fingerprint density at radius 2 is 0.704 bits per heavy atom. The van der Waals surface area contributed by atoms with Crippen molar-refractivity contribution in [2.75, 3.05) is 0 Å². The Labute approximate surface area is 310 Å². The normalized spacial score (nSPS) is 12.1. The van der Waals surface area contributed by atoms with E-state index in [0.29, 0.717) is 0 Å². The quantitative estimate of drug-likeness (QED) is 0.173. The summed E-state index contributed by atoms with van der Waals surface area (Å²) in [5.74, 6) is 0. The van der Waals surface area contributed by atoms with Crippen LogP contribution >= 0.6 is 0 Å². The fourth-order valence-electron chi connectivity index (χ4n) is 9.19. The van der Waals surface area contributed by atoms with Crippen molar-refractivity contribution in [2.45, 2.75) is 0 Å². The number of para-hydroxylation sites is 1. The van der Waals surface area contributed by atoms with Crippen molar-refractivity contribution in [3.63, 3.8) is 0 Å². The number of benzene rings is 10. The maximum atomic E-state index is 6.73. The van der Waals surface area contributed by atoms with Crippen molar-refractivity contribution in [3.05, 3.63) is 182 Å². The van der Waals surface area contributed by atoms with E-state index in [9.17, 15) is 0 Å². The molecular weight excluding hydrogens is 657 g/mol. The molecule has 0 saturated heterocycles. The van der Waals surface area contributed by atoms with Gasteiger partial charge in [-0.25, -0.2) is 0 Å². The van der Waals surface area contributed by atoms with Crippen LogP contribution in [0.25, 0.3) is 120 Å². The Morgan fingerprint density at radius 3 is 1.33 bits per heavy atom. The van der Waals surface area contributed by atoms with E-state index >= 15 is 0 Å². The number of hydrogen-bond acceptors (Lipinski definition) is 2. The van der Waals surface area contributed by atoms with Gasteiger partial charge in [-0.15, -0.1) is 0 Å². The standard InChI is InChI=1S/C52H30O2/c1-2-14-31(15-3-1)33-27-28-42(35-17-5-4-16-34(33)35)48-38-20-8-6-18-36(38)47(37-19-7-9-21-39(37)48)32-26-29-46-44(30-32)50-41-23-11-10-22-40(41)49-43-24-12-13-25-45(43)53-51(49)52(50)54-46/h1-30H. The summed E-state index contributed by atoms with van der Waals surface area (Å²) in [6.07, 6.45) is 0. The van der Waals surface area contributed by atoms with Crippen molar-refractivity contribution in [1.29, 1.82) is 0 Å². The first-order chi connectivity index (χ1) is 26.8. The Kier molecular flexibility index (Phi) is 6.09. The zero-order valence-electron chi connectivity index (χ0n) is 29.1. The Balaban J connectivity index is 1.16. The van der Waals surface area contributed by atoms with Gasteiger partial charge in [0.05, 0.1) is 0 Å². The van der Waals surface area contributed by atoms with Crippen LogP contribution < -0.4 is 0 Å². The minimum atomic E-state index is 0.794. The molecule has 0 aliphatic carbocycles. The lowest BCUT2D eigenvalue weighted by Crippen LogP contribution is -1.92. The number of furan rings is 2. The molecule has 0 bridgehead atoms. The predicted molar refractivity (Wildman–Crippen MR) is 227 cm³/mol. The Morgan fingerprint density at radius 1 is 0.259 bits per heavy atom. The molecule has 54 heavy (non-hydrogen) atoms. The largest absolute Gasteiger partial charge is 0.452 e. The summed E-state index contributed by atoms with van der Waals surface area (Å²) in [6, 6.07) is 65.6. The third kappa shape index (κ3) is 4.05. The van der Waals surface area contributed by atoms with Gasteiger partial charge >= 0.3 is 0 Å². The van der Waals surface area contributed by atoms with Crippen LogP contribution in [0.5, 0.6) is 0 Å². The van der Waals surface area contributed by atoms with E-state index in [0.717, 1.165) is 49.4 Å². The molecule has 2 nitrogen and oxygen atoms in total. The van der Waals surface area contributed by atoms with Gasteiger partial charge in [-0.2, -0.15) is 0 Å². The van der Waals surface area contributed by atoms with Gasteiger partial charge in [0.25, 0.3) is 0 Å². The number of fused-ring (bicyclic) bond motifs is 13. The Bertz CT molecular complexity index is 3430. The van der Waals surface area contributed by atoms with Gasteiger partial charge in [0.2, 0.25) is 0 Å². The second kappa shape index (κ2) is 11.2. The average molecular weight is 687 g/mol. The maximum Gasteiger partial charge on any atom is 0.179 e. The minimum Gasteiger partial charge on any atom is -0.452 e. The van der Waals surface area contributed by atoms with Gasteiger partial charge in [-0.1, -0.05) is 164 Å². The molecule has 0 spiro atoms. The van der Waals surface area contributed by atoms with Crippen LogP contribution in [-0.2, 0) is 0 Å². The summed E-state index contributed by atoms with van der Waals surface area (Å²) in [5.41, 5.74) is 10.7. The zero-order chi connectivity index (χ0) is 35.3. The molecule has 0 radical (unpaired) electrons. The van der Waals surface area contributed by atoms with Crippen molar-refractivity contribution < 1.29 is 8.83 Å². The van der Waals surface area contributed by atoms with Gasteiger partial charge < -0.3 is 8.83 Å². The highest BCUT2D eigenvalue weighted by Crippen LogP contribution is 2.49. The molecule has 0 amide bonds. The number of rotatable bonds is 3. The molecule has 2 heterocycles. The summed E-state index contributed by atoms with van der Waals surface area (Å²) in [6.45, 7) is 0. The van der Waals surface area contributed by atoms with E-state index in [2.05, 4.69) is 170 Å². The molecule has 12 rings (SSSR count). The first-order valence-electron chi connectivity index (χ1n) is 18.5. The van der Waals surface area contributed by atoms with E-state index in [4.69, 9.17) is 8.83 Å². The average Bonchev–Trinajstić information content (AvgIpc) is 3.82. The van der Waals surface area contributed by atoms with Crippen molar-refractivity contribution in [1.82, 2.24) is 0 Å². The van der Waals surface area contributed by atoms with Crippen molar-refractivity contribution in [3.8, 4) is 33.4 Å². The SMILES string of the molecule is c1ccc(-c2ccc(-c3c4ccccc4c(-c4ccc5oc6c7oc8ccccc8c7c7ccccc7c6c5c4)c4ccccc34)c3ccccc23)cc1. The second-order valence-electron chi connectivity index (χ2n) is 14.3. The lowest BCUT2D eigenvalue weighted by Gasteiger charge is -2.19. The molecule has 0 aliphatic heterocycles. The van der Waals surface area contributed by atoms with Crippen LogP contribution in [0.1, 0.15) is 0 Å². The molecule has 0 fully saturated rings. The molecule has 0 unspecified atom stereocenters. The van der Waals surface area contributed by atoms with E-state index < -0.39 is 0 Å². The number of hydrogen-bond donors (Lipinski definition) is 0. The molecule has 0 saturated carbocycles. The van der Waals surface area contributed by atoms with Crippen LogP contribution in [0.2, 0.25) is 0 Å². The molecule has 0 aliphatic rings. The summed E-state index contributed by atoms with van der Waals surface area (Å²) in [4.78, 5) is 0. The zero-order valence-corrected chi connectivity index (χ0v) is 29.1. The molecule has 2 aromatic heterocycles. The lowest BCUT2D eigenvalue weighted by atomic mass is 9.83. The maximum absolute atomic E-state index is 6.73. The molecule has 10 aromatic carbocycles. The highest BCUT2D eigenvalue weighted by Gasteiger charge is 2.23. The van der Waals surface area contributed by atoms with Gasteiger partial charge in [-0.3, -0.25) is 0 Å². The van der Waals surface area contributed by atoms with Crippen molar-refractivity contribution >= 4 is 87.0 Å². The first kappa shape index (κ1) is 29.4. The molecule has 250 valence electrons. The van der Waals surface area contributed by atoms with E-state index in [-0.39, 0.29) is 0 Å². The van der Waals surface area contributed by atoms with E-state index in [1.807, 2.05) is 12.1 Å². The molecule has 0 atom stereocenters. The molecule has 12 aromatic rings. The third-order valence-electron chi connectivity index (χ3n) is 11.5. The fourth-order valence-corrected chi connectivity index (χ4v) is 9.19. The van der Waals surface area contributed by atoms with Crippen LogP contribution in [0.3, 0.4) is 0 Å². The lowest BCUT2D eigenvalue weighted by molar-refractivity contribution is 0.633. The van der Waals surface area contributed by atoms with Crippen molar-refractivity contribution in [2.24, 2.45) is 0 Å². The van der Waals surface area contributed by atoms with E-state index in [1.165, 1.54) is 70.9 Å². The van der Waals surface area contributed by atoms with E-state index in [1.54, 1.807) is 0 Å². The minimum absolute atomic E-state index is 0.794. The molecular formula is C52H30O2. The van der Waals surface area contributed by atoms with Crippen LogP contribution in [0.4, 0.5) is 0 Å². The van der Waals surface area contributed by atoms with Gasteiger partial charge in [0, 0.05) is 21.5 Å². The monoisotopic (exact) mass is 686 g/mol. The molecule has 2 heteroatoms. The summed E-state index contributed by atoms with van der Waals surface area (Å²) >= 11 is 0. The van der Waals surface area contributed by atoms with Gasteiger partial charge in [-0.05, 0) is 94.7 Å². The molecule has 0 N–H and O–H groups in total. The predicted octanol–water partition coefficient (Wildman–Crippen LogP) is 15.1. The third-order valence-corrected chi connectivity index (χ3v) is 11.5. The Hall–Kier alpha value is -7.16. The highest BCUT2D eigenvalue weighted by molar-refractivity contribution is 6.34. The van der Waals surface area contributed by atoms with Crippen LogP contribution in [-0.4, -0.2) is 0 Å². The highest BCUT2D eigenvalue weighted by atomic mass is 16.4. The summed E-state index contributed by atoms with van der Waals surface area (Å²) in [7, 11) is 0. The topological polar surface area (TPSA) is 26.3 Å². The fraction of sp³-hybridized carbons (Fsp3) is 0. The summed E-state index contributed by atoms with van der Waals surface area (Å²) < 4.78 is 13.3. The van der Waals surface area contributed by atoms with Crippen LogP contribution in [0.15, 0.2) is 191 Å². The second-order valence-corrected chi connectivity index (χ2v) is 14.3. The van der Waals surface area contributed by atoms with Gasteiger partial charge in [0.15, 0.2) is 11.2 Å². The smallest absolute Gasteiger partial charge is 0.179 e. The van der Waals surface area contributed by atoms with Gasteiger partial charge in [0.1, 0.15) is 11.2 Å². The first-order valence-corrected chi connectivity index (χ1v) is 18.5.